The summed E-state index contributed by atoms with van der Waals surface area (Å²) in [4.78, 5) is 12.1. The lowest BCUT2D eigenvalue weighted by atomic mass is 10.1. The van der Waals surface area contributed by atoms with Gasteiger partial charge < -0.3 is 15.6 Å². The Bertz CT molecular complexity index is 607. The van der Waals surface area contributed by atoms with Gasteiger partial charge in [-0.25, -0.2) is 8.42 Å². The van der Waals surface area contributed by atoms with E-state index in [1.807, 2.05) is 0 Å². The molecule has 1 aromatic heterocycles. The zero-order valence-corrected chi connectivity index (χ0v) is 14.9. The van der Waals surface area contributed by atoms with Gasteiger partial charge in [0.2, 0.25) is 15.9 Å². The normalized spacial score (nSPS) is 14.5. The van der Waals surface area contributed by atoms with Crippen molar-refractivity contribution < 1.29 is 17.7 Å². The number of nitrogens with one attached hydrogen (secondary N) is 2. The van der Waals surface area contributed by atoms with E-state index in [0.717, 1.165) is 19.3 Å². The van der Waals surface area contributed by atoms with Crippen LogP contribution in [-0.4, -0.2) is 38.1 Å². The van der Waals surface area contributed by atoms with E-state index in [1.54, 1.807) is 0 Å². The number of amides is 1. The van der Waals surface area contributed by atoms with E-state index in [-0.39, 0.29) is 22.4 Å². The molecule has 0 bridgehead atoms. The zero-order chi connectivity index (χ0) is 17.6. The van der Waals surface area contributed by atoms with Crippen molar-refractivity contribution in [2.24, 2.45) is 5.73 Å². The number of sulfonamides is 1. The van der Waals surface area contributed by atoms with Crippen molar-refractivity contribution in [3.8, 4) is 0 Å². The van der Waals surface area contributed by atoms with Crippen LogP contribution in [0.25, 0.3) is 0 Å². The summed E-state index contributed by atoms with van der Waals surface area (Å²) in [5.41, 5.74) is 5.89. The summed E-state index contributed by atoms with van der Waals surface area (Å²) in [6.07, 6.45) is 2.71. The highest BCUT2D eigenvalue weighted by Gasteiger charge is 2.28. The number of aryl methyl sites for hydroxylation is 2. The van der Waals surface area contributed by atoms with Crippen LogP contribution in [0.2, 0.25) is 0 Å². The van der Waals surface area contributed by atoms with E-state index in [0.29, 0.717) is 6.54 Å². The first-order valence-electron chi connectivity index (χ1n) is 7.68. The molecule has 1 amide bonds. The monoisotopic (exact) mass is 346 g/mol. The Hall–Kier alpha value is -1.45. The van der Waals surface area contributed by atoms with E-state index >= 15 is 0 Å². The van der Waals surface area contributed by atoms with E-state index in [1.165, 1.54) is 20.8 Å². The molecule has 0 aliphatic heterocycles. The van der Waals surface area contributed by atoms with Gasteiger partial charge in [-0.05, 0) is 27.2 Å². The van der Waals surface area contributed by atoms with Crippen LogP contribution in [-0.2, 0) is 14.8 Å². The molecule has 0 aromatic carbocycles. The molecule has 1 heterocycles. The molecule has 8 nitrogen and oxygen atoms in total. The second kappa shape index (κ2) is 8.42. The van der Waals surface area contributed by atoms with Crippen LogP contribution in [0.4, 0.5) is 0 Å². The van der Waals surface area contributed by atoms with Crippen molar-refractivity contribution in [2.75, 3.05) is 6.54 Å². The summed E-state index contributed by atoms with van der Waals surface area (Å²) < 4.78 is 31.9. The maximum Gasteiger partial charge on any atom is 0.246 e. The van der Waals surface area contributed by atoms with Gasteiger partial charge in [-0.3, -0.25) is 4.79 Å². The maximum absolute atomic E-state index is 12.4. The zero-order valence-electron chi connectivity index (χ0n) is 14.0. The van der Waals surface area contributed by atoms with Crippen LogP contribution < -0.4 is 15.8 Å². The number of carbonyl (C=O) groups excluding carboxylic acids is 1. The molecular weight excluding hydrogens is 320 g/mol. The number of nitrogens with zero attached hydrogens (tertiary/aromatic N) is 1. The Morgan fingerprint density at radius 2 is 2.04 bits per heavy atom. The molecule has 0 fully saturated rings. The average molecular weight is 346 g/mol. The molecule has 0 aliphatic rings. The molecule has 23 heavy (non-hydrogen) atoms. The van der Waals surface area contributed by atoms with Gasteiger partial charge in [0.05, 0.1) is 6.04 Å². The van der Waals surface area contributed by atoms with Crippen molar-refractivity contribution in [3.05, 3.63) is 11.5 Å². The van der Waals surface area contributed by atoms with Gasteiger partial charge in [-0.2, -0.15) is 4.72 Å². The molecule has 2 atom stereocenters. The quantitative estimate of drug-likeness (QED) is 0.600. The second-order valence-electron chi connectivity index (χ2n) is 5.58. The average Bonchev–Trinajstić information content (AvgIpc) is 2.82. The molecule has 2 unspecified atom stereocenters. The molecule has 4 N–H and O–H groups in total. The predicted molar refractivity (Wildman–Crippen MR) is 86.3 cm³/mol. The lowest BCUT2D eigenvalue weighted by molar-refractivity contribution is -0.123. The highest BCUT2D eigenvalue weighted by Crippen LogP contribution is 2.18. The first-order valence-corrected chi connectivity index (χ1v) is 9.16. The van der Waals surface area contributed by atoms with Crippen molar-refractivity contribution in [3.63, 3.8) is 0 Å². The van der Waals surface area contributed by atoms with Gasteiger partial charge in [-0.1, -0.05) is 24.9 Å². The minimum atomic E-state index is -3.88. The summed E-state index contributed by atoms with van der Waals surface area (Å²) in [7, 11) is -3.88. The van der Waals surface area contributed by atoms with Crippen LogP contribution in [0.5, 0.6) is 0 Å². The van der Waals surface area contributed by atoms with Gasteiger partial charge in [0, 0.05) is 12.6 Å². The second-order valence-corrected chi connectivity index (χ2v) is 7.23. The Balaban J connectivity index is 2.74. The standard InChI is InChI=1S/C14H26N4O4S/c1-5-6-7-12(8-15)16-14(19)10(3)18-23(20,21)13-9(2)17-22-11(13)4/h10,12,18H,5-8,15H2,1-4H3,(H,16,19). The first-order chi connectivity index (χ1) is 10.7. The van der Waals surface area contributed by atoms with Crippen molar-refractivity contribution in [1.82, 2.24) is 15.2 Å². The maximum atomic E-state index is 12.4. The van der Waals surface area contributed by atoms with E-state index in [9.17, 15) is 13.2 Å². The number of hydrogen-bond acceptors (Lipinski definition) is 6. The van der Waals surface area contributed by atoms with Crippen LogP contribution in [0.15, 0.2) is 9.42 Å². The van der Waals surface area contributed by atoms with Crippen molar-refractivity contribution >= 4 is 15.9 Å². The molecule has 0 spiro atoms. The number of carbonyl (C=O) groups is 1. The van der Waals surface area contributed by atoms with Gasteiger partial charge in [0.25, 0.3) is 0 Å². The van der Waals surface area contributed by atoms with Crippen molar-refractivity contribution in [1.29, 1.82) is 0 Å². The molecular formula is C14H26N4O4S. The Morgan fingerprint density at radius 3 is 2.52 bits per heavy atom. The molecule has 9 heteroatoms. The number of hydrogen-bond donors (Lipinski definition) is 3. The third kappa shape index (κ3) is 5.29. The fraction of sp³-hybridized carbons (Fsp3) is 0.714. The summed E-state index contributed by atoms with van der Waals surface area (Å²) in [6, 6.07) is -1.09. The summed E-state index contributed by atoms with van der Waals surface area (Å²) in [5, 5.41) is 6.39. The summed E-state index contributed by atoms with van der Waals surface area (Å²) in [5.74, 6) is -0.225. The topological polar surface area (TPSA) is 127 Å². The van der Waals surface area contributed by atoms with Gasteiger partial charge in [0.1, 0.15) is 10.6 Å². The van der Waals surface area contributed by atoms with Crippen LogP contribution in [0.1, 0.15) is 44.6 Å². The van der Waals surface area contributed by atoms with Crippen molar-refractivity contribution in [2.45, 2.75) is 63.9 Å². The minimum Gasteiger partial charge on any atom is -0.360 e. The fourth-order valence-corrected chi connectivity index (χ4v) is 3.76. The van der Waals surface area contributed by atoms with E-state index < -0.39 is 22.0 Å². The third-order valence-electron chi connectivity index (χ3n) is 3.50. The Kier molecular flexibility index (Phi) is 7.17. The van der Waals surface area contributed by atoms with Crippen LogP contribution >= 0.6 is 0 Å². The fourth-order valence-electron chi connectivity index (χ4n) is 2.23. The summed E-state index contributed by atoms with van der Waals surface area (Å²) >= 11 is 0. The van der Waals surface area contributed by atoms with Gasteiger partial charge in [-0.15, -0.1) is 0 Å². The van der Waals surface area contributed by atoms with Crippen LogP contribution in [0.3, 0.4) is 0 Å². The largest absolute Gasteiger partial charge is 0.360 e. The Morgan fingerprint density at radius 1 is 1.39 bits per heavy atom. The highest BCUT2D eigenvalue weighted by molar-refractivity contribution is 7.89. The lowest BCUT2D eigenvalue weighted by Crippen LogP contribution is -2.50. The molecule has 0 radical (unpaired) electrons. The molecule has 0 saturated heterocycles. The van der Waals surface area contributed by atoms with E-state index in [4.69, 9.17) is 10.3 Å². The SMILES string of the molecule is CCCCC(CN)NC(=O)C(C)NS(=O)(=O)c1c(C)noc1C. The lowest BCUT2D eigenvalue weighted by Gasteiger charge is -2.20. The molecule has 132 valence electrons. The third-order valence-corrected chi connectivity index (χ3v) is 5.28. The smallest absolute Gasteiger partial charge is 0.246 e. The number of rotatable bonds is 9. The first kappa shape index (κ1) is 19.6. The number of aromatic nitrogens is 1. The molecule has 0 aliphatic carbocycles. The van der Waals surface area contributed by atoms with Gasteiger partial charge in [0.15, 0.2) is 5.76 Å². The molecule has 1 aromatic rings. The predicted octanol–water partition coefficient (Wildman–Crippen LogP) is 0.592. The van der Waals surface area contributed by atoms with Gasteiger partial charge >= 0.3 is 0 Å². The highest BCUT2D eigenvalue weighted by atomic mass is 32.2. The Labute approximate surface area is 137 Å². The molecule has 0 saturated carbocycles. The van der Waals surface area contributed by atoms with Crippen LogP contribution in [0, 0.1) is 13.8 Å². The minimum absolute atomic E-state index is 0.0292. The number of nitrogens with two attached hydrogens (primary N) is 1. The number of unbranched alkanes of at least 4 members (excludes halogenated alkanes) is 1. The molecule has 1 rings (SSSR count). The summed E-state index contributed by atoms with van der Waals surface area (Å²) in [6.45, 7) is 6.89. The van der Waals surface area contributed by atoms with E-state index in [2.05, 4.69) is 22.1 Å².